The Balaban J connectivity index is 2.10. The Bertz CT molecular complexity index is 896. The average Bonchev–Trinajstić information content (AvgIpc) is 3.20. The van der Waals surface area contributed by atoms with E-state index in [0.717, 1.165) is 11.1 Å². The topological polar surface area (TPSA) is 92.5 Å². The molecular weight excluding hydrogens is 364 g/mol. The summed E-state index contributed by atoms with van der Waals surface area (Å²) in [5.74, 6) is 7.36. The standard InChI is InChI=1S/C20H22N2O6/c1-13(14-8-9-17-18(10-14)27-12-26-17)19(28-21)15-6-4-5-7-16(15)22(11-24-2)20(23)25-3/h4-10H,11-12,21H2,1-3H3/b19-13+. The second kappa shape index (κ2) is 8.64. The molecule has 0 saturated carbocycles. The zero-order valence-electron chi connectivity index (χ0n) is 15.9. The van der Waals surface area contributed by atoms with E-state index >= 15 is 0 Å². The van der Waals surface area contributed by atoms with Crippen LogP contribution in [-0.2, 0) is 14.3 Å². The average molecular weight is 386 g/mol. The Morgan fingerprint density at radius 1 is 1.14 bits per heavy atom. The largest absolute Gasteiger partial charge is 0.454 e. The third kappa shape index (κ3) is 3.73. The van der Waals surface area contributed by atoms with Gasteiger partial charge < -0.3 is 23.8 Å². The highest BCUT2D eigenvalue weighted by molar-refractivity contribution is 5.96. The highest BCUT2D eigenvalue weighted by Gasteiger charge is 2.23. The Kier molecular flexibility index (Phi) is 6.03. The van der Waals surface area contributed by atoms with E-state index in [1.807, 2.05) is 31.2 Å². The van der Waals surface area contributed by atoms with Gasteiger partial charge in [0.1, 0.15) is 6.73 Å². The van der Waals surface area contributed by atoms with E-state index in [-0.39, 0.29) is 13.5 Å². The zero-order chi connectivity index (χ0) is 20.1. The first-order chi connectivity index (χ1) is 13.6. The molecule has 8 heteroatoms. The highest BCUT2D eigenvalue weighted by Crippen LogP contribution is 2.38. The van der Waals surface area contributed by atoms with Crippen LogP contribution in [0.2, 0.25) is 0 Å². The minimum atomic E-state index is -0.564. The van der Waals surface area contributed by atoms with E-state index in [1.165, 1.54) is 19.1 Å². The summed E-state index contributed by atoms with van der Waals surface area (Å²) in [6, 6.07) is 12.8. The molecule has 0 radical (unpaired) electrons. The van der Waals surface area contributed by atoms with Crippen molar-refractivity contribution in [1.82, 2.24) is 0 Å². The molecule has 28 heavy (non-hydrogen) atoms. The Hall–Kier alpha value is -3.23. The van der Waals surface area contributed by atoms with Gasteiger partial charge in [0.05, 0.1) is 12.8 Å². The quantitative estimate of drug-likeness (QED) is 0.352. The van der Waals surface area contributed by atoms with E-state index in [4.69, 9.17) is 29.7 Å². The van der Waals surface area contributed by atoms with E-state index in [2.05, 4.69) is 0 Å². The summed E-state index contributed by atoms with van der Waals surface area (Å²) < 4.78 is 20.8. The van der Waals surface area contributed by atoms with Crippen molar-refractivity contribution in [3.63, 3.8) is 0 Å². The van der Waals surface area contributed by atoms with Crippen LogP contribution in [0.15, 0.2) is 42.5 Å². The summed E-state index contributed by atoms with van der Waals surface area (Å²) in [5, 5.41) is 0. The number of hydrogen-bond acceptors (Lipinski definition) is 7. The molecule has 8 nitrogen and oxygen atoms in total. The fourth-order valence-corrected chi connectivity index (χ4v) is 2.98. The van der Waals surface area contributed by atoms with Crippen LogP contribution >= 0.6 is 0 Å². The van der Waals surface area contributed by atoms with Gasteiger partial charge >= 0.3 is 6.09 Å². The van der Waals surface area contributed by atoms with Gasteiger partial charge in [0.15, 0.2) is 17.3 Å². The van der Waals surface area contributed by atoms with Crippen molar-refractivity contribution in [1.29, 1.82) is 0 Å². The second-order valence-electron chi connectivity index (χ2n) is 5.97. The summed E-state index contributed by atoms with van der Waals surface area (Å²) in [7, 11) is 2.80. The van der Waals surface area contributed by atoms with Crippen LogP contribution in [0.1, 0.15) is 18.1 Å². The lowest BCUT2D eigenvalue weighted by Crippen LogP contribution is -2.33. The molecule has 1 heterocycles. The number of fused-ring (bicyclic) bond motifs is 1. The number of carbonyl (C=O) groups is 1. The lowest BCUT2D eigenvalue weighted by atomic mass is 10.0. The molecule has 1 amide bonds. The van der Waals surface area contributed by atoms with Gasteiger partial charge in [0.25, 0.3) is 0 Å². The summed E-state index contributed by atoms with van der Waals surface area (Å²) in [6.45, 7) is 2.07. The highest BCUT2D eigenvalue weighted by atomic mass is 16.7. The number of nitrogens with two attached hydrogens (primary N) is 1. The molecule has 2 aromatic rings. The Morgan fingerprint density at radius 3 is 2.61 bits per heavy atom. The normalized spacial score (nSPS) is 13.0. The molecule has 1 aliphatic heterocycles. The van der Waals surface area contributed by atoms with Gasteiger partial charge in [-0.15, -0.1) is 0 Å². The van der Waals surface area contributed by atoms with Gasteiger partial charge in [-0.2, -0.15) is 5.90 Å². The maximum atomic E-state index is 12.2. The number of allylic oxidation sites excluding steroid dienone is 1. The SMILES string of the molecule is COCN(C(=O)OC)c1ccccc1/C(ON)=C(/C)c1ccc2c(c1)OCO2. The predicted molar refractivity (Wildman–Crippen MR) is 104 cm³/mol. The van der Waals surface area contributed by atoms with Gasteiger partial charge in [0.2, 0.25) is 6.79 Å². The van der Waals surface area contributed by atoms with Crippen molar-refractivity contribution in [3.05, 3.63) is 53.6 Å². The van der Waals surface area contributed by atoms with Crippen LogP contribution in [0.4, 0.5) is 10.5 Å². The minimum Gasteiger partial charge on any atom is -0.454 e. The summed E-state index contributed by atoms with van der Waals surface area (Å²) in [5.41, 5.74) is 2.76. The lowest BCUT2D eigenvalue weighted by Gasteiger charge is -2.24. The van der Waals surface area contributed by atoms with Crippen LogP contribution in [0.5, 0.6) is 11.5 Å². The lowest BCUT2D eigenvalue weighted by molar-refractivity contribution is 0.153. The number of ether oxygens (including phenoxy) is 4. The van der Waals surface area contributed by atoms with Crippen LogP contribution in [0.3, 0.4) is 0 Å². The molecule has 0 spiro atoms. The van der Waals surface area contributed by atoms with Crippen LogP contribution in [0, 0.1) is 0 Å². The van der Waals surface area contributed by atoms with Crippen LogP contribution < -0.4 is 20.3 Å². The molecule has 2 N–H and O–H groups in total. The van der Waals surface area contributed by atoms with Gasteiger partial charge in [-0.05, 0) is 36.8 Å². The molecule has 148 valence electrons. The first kappa shape index (κ1) is 19.5. The number of amides is 1. The monoisotopic (exact) mass is 386 g/mol. The van der Waals surface area contributed by atoms with Crippen molar-refractivity contribution in [2.24, 2.45) is 5.90 Å². The van der Waals surface area contributed by atoms with Crippen molar-refractivity contribution >= 4 is 23.1 Å². The van der Waals surface area contributed by atoms with Gasteiger partial charge in [-0.25, -0.2) is 4.79 Å². The van der Waals surface area contributed by atoms with Crippen LogP contribution in [0.25, 0.3) is 11.3 Å². The van der Waals surface area contributed by atoms with Gasteiger partial charge in [0, 0.05) is 18.2 Å². The van der Waals surface area contributed by atoms with E-state index < -0.39 is 6.09 Å². The molecular formula is C20H22N2O6. The third-order valence-corrected chi connectivity index (χ3v) is 4.36. The number of para-hydroxylation sites is 1. The molecule has 0 aliphatic carbocycles. The smallest absolute Gasteiger partial charge is 0.415 e. The molecule has 0 aromatic heterocycles. The second-order valence-corrected chi connectivity index (χ2v) is 5.97. The fourth-order valence-electron chi connectivity index (χ4n) is 2.98. The number of anilines is 1. The van der Waals surface area contributed by atoms with Crippen LogP contribution in [-0.4, -0.2) is 33.8 Å². The maximum absolute atomic E-state index is 12.2. The van der Waals surface area contributed by atoms with E-state index in [1.54, 1.807) is 18.2 Å². The summed E-state index contributed by atoms with van der Waals surface area (Å²) in [4.78, 5) is 18.8. The maximum Gasteiger partial charge on any atom is 0.415 e. The number of carbonyl (C=O) groups excluding carboxylic acids is 1. The fraction of sp³-hybridized carbons (Fsp3) is 0.250. The van der Waals surface area contributed by atoms with E-state index in [0.29, 0.717) is 28.5 Å². The van der Waals surface area contributed by atoms with Gasteiger partial charge in [-0.1, -0.05) is 18.2 Å². The minimum absolute atomic E-state index is 0.00457. The summed E-state index contributed by atoms with van der Waals surface area (Å²) in [6.07, 6.45) is -0.564. The predicted octanol–water partition coefficient (Wildman–Crippen LogP) is 3.37. The molecule has 3 rings (SSSR count). The molecule has 1 aliphatic rings. The first-order valence-corrected chi connectivity index (χ1v) is 8.52. The van der Waals surface area contributed by atoms with Crippen molar-refractivity contribution < 1.29 is 28.6 Å². The molecule has 0 unspecified atom stereocenters. The molecule has 0 saturated heterocycles. The Labute approximate surface area is 162 Å². The first-order valence-electron chi connectivity index (χ1n) is 8.52. The van der Waals surface area contributed by atoms with Crippen molar-refractivity contribution in [3.8, 4) is 11.5 Å². The number of hydrogen-bond donors (Lipinski definition) is 1. The molecule has 0 bridgehead atoms. The molecule has 0 atom stereocenters. The number of nitrogens with zero attached hydrogens (tertiary/aromatic N) is 1. The number of methoxy groups -OCH3 is 2. The van der Waals surface area contributed by atoms with Crippen molar-refractivity contribution in [2.75, 3.05) is 32.6 Å². The van der Waals surface area contributed by atoms with Crippen molar-refractivity contribution in [2.45, 2.75) is 6.92 Å². The molecule has 2 aromatic carbocycles. The Morgan fingerprint density at radius 2 is 1.89 bits per heavy atom. The number of benzene rings is 2. The van der Waals surface area contributed by atoms with Gasteiger partial charge in [-0.3, -0.25) is 4.90 Å². The third-order valence-electron chi connectivity index (χ3n) is 4.36. The summed E-state index contributed by atoms with van der Waals surface area (Å²) >= 11 is 0. The van der Waals surface area contributed by atoms with E-state index in [9.17, 15) is 4.79 Å². The number of rotatable bonds is 6. The molecule has 0 fully saturated rings. The zero-order valence-corrected chi connectivity index (χ0v) is 15.9.